The van der Waals surface area contributed by atoms with Gasteiger partial charge in [0.25, 0.3) is 5.91 Å². The van der Waals surface area contributed by atoms with E-state index < -0.39 is 17.7 Å². The third kappa shape index (κ3) is 3.01. The summed E-state index contributed by atoms with van der Waals surface area (Å²) in [5.74, 6) is 0.317. The van der Waals surface area contributed by atoms with E-state index in [4.69, 9.17) is 4.74 Å². The molecule has 3 aliphatic rings. The molecule has 0 spiro atoms. The lowest BCUT2D eigenvalue weighted by Crippen LogP contribution is -2.46. The number of nitrogens with zero attached hydrogens (tertiary/aromatic N) is 1. The van der Waals surface area contributed by atoms with E-state index in [1.165, 1.54) is 4.90 Å². The van der Waals surface area contributed by atoms with Crippen molar-refractivity contribution in [3.63, 3.8) is 0 Å². The Balaban J connectivity index is 1.94. The number of aliphatic hydroxyl groups excluding tert-OH is 1. The molecule has 3 heterocycles. The highest BCUT2D eigenvalue weighted by molar-refractivity contribution is 8.02. The number of carbonyl (C=O) groups is 2. The van der Waals surface area contributed by atoms with Gasteiger partial charge >= 0.3 is 6.09 Å². The molecule has 3 aliphatic heterocycles. The van der Waals surface area contributed by atoms with E-state index in [1.807, 2.05) is 17.6 Å². The predicted octanol–water partition coefficient (Wildman–Crippen LogP) is 2.05. The van der Waals surface area contributed by atoms with Crippen molar-refractivity contribution in [1.29, 1.82) is 0 Å². The van der Waals surface area contributed by atoms with Crippen LogP contribution in [-0.2, 0) is 9.53 Å². The lowest BCUT2D eigenvalue weighted by atomic mass is 10.0. The Kier molecular flexibility index (Phi) is 4.31. The molecule has 0 radical (unpaired) electrons. The second-order valence-corrected chi connectivity index (χ2v) is 7.57. The zero-order valence-corrected chi connectivity index (χ0v) is 14.6. The van der Waals surface area contributed by atoms with Gasteiger partial charge in [-0.2, -0.15) is 0 Å². The third-order valence-corrected chi connectivity index (χ3v) is 4.57. The largest absolute Gasteiger partial charge is 0.444 e. The van der Waals surface area contributed by atoms with Crippen LogP contribution >= 0.6 is 11.8 Å². The smallest absolute Gasteiger partial charge is 0.408 e. The van der Waals surface area contributed by atoms with Crippen molar-refractivity contribution in [2.75, 3.05) is 12.4 Å². The van der Waals surface area contributed by atoms with Gasteiger partial charge in [0.05, 0.1) is 18.0 Å². The molecule has 7 heteroatoms. The van der Waals surface area contributed by atoms with Gasteiger partial charge < -0.3 is 15.2 Å². The number of hydrogen-bond acceptors (Lipinski definition) is 5. The molecule has 6 nitrogen and oxygen atoms in total. The average molecular weight is 348 g/mol. The van der Waals surface area contributed by atoms with Gasteiger partial charge in [-0.05, 0) is 49.5 Å². The lowest BCUT2D eigenvalue weighted by Gasteiger charge is -2.26. The van der Waals surface area contributed by atoms with Crippen molar-refractivity contribution in [2.24, 2.45) is 0 Å². The molecule has 0 fully saturated rings. The average Bonchev–Trinajstić information content (AvgIpc) is 2.66. The van der Waals surface area contributed by atoms with Gasteiger partial charge in [0.15, 0.2) is 0 Å². The predicted molar refractivity (Wildman–Crippen MR) is 91.9 cm³/mol. The van der Waals surface area contributed by atoms with Crippen LogP contribution in [0.2, 0.25) is 0 Å². The Labute approximate surface area is 144 Å². The van der Waals surface area contributed by atoms with Crippen LogP contribution in [0.3, 0.4) is 0 Å². The quantitative estimate of drug-likeness (QED) is 0.798. The Morgan fingerprint density at radius 2 is 2.21 bits per heavy atom. The summed E-state index contributed by atoms with van der Waals surface area (Å²) in [4.78, 5) is 26.5. The molecule has 1 atom stereocenters. The fraction of sp³-hybridized carbons (Fsp3) is 0.412. The molecule has 0 unspecified atom stereocenters. The number of ether oxygens (including phenoxy) is 1. The van der Waals surface area contributed by atoms with Gasteiger partial charge in [0, 0.05) is 5.75 Å². The highest BCUT2D eigenvalue weighted by Gasteiger charge is 2.44. The van der Waals surface area contributed by atoms with Crippen molar-refractivity contribution in [2.45, 2.75) is 32.4 Å². The van der Waals surface area contributed by atoms with Crippen LogP contribution < -0.4 is 5.32 Å². The van der Waals surface area contributed by atoms with Crippen molar-refractivity contribution in [3.05, 3.63) is 46.2 Å². The monoisotopic (exact) mass is 348 g/mol. The van der Waals surface area contributed by atoms with Crippen LogP contribution in [0.15, 0.2) is 46.2 Å². The van der Waals surface area contributed by atoms with Crippen molar-refractivity contribution >= 4 is 23.8 Å². The molecular formula is C17H20N2O4S. The van der Waals surface area contributed by atoms with E-state index in [-0.39, 0.29) is 12.5 Å². The van der Waals surface area contributed by atoms with Crippen LogP contribution in [0.1, 0.15) is 20.8 Å². The van der Waals surface area contributed by atoms with E-state index in [2.05, 4.69) is 5.32 Å². The molecule has 0 aliphatic carbocycles. The zero-order valence-electron chi connectivity index (χ0n) is 13.8. The lowest BCUT2D eigenvalue weighted by molar-refractivity contribution is -0.127. The minimum absolute atomic E-state index is 0.248. The fourth-order valence-electron chi connectivity index (χ4n) is 2.85. The first-order chi connectivity index (χ1) is 11.3. The molecule has 3 rings (SSSR count). The summed E-state index contributed by atoms with van der Waals surface area (Å²) < 4.78 is 5.28. The first-order valence-corrected chi connectivity index (χ1v) is 8.73. The number of nitrogens with one attached hydrogen (secondary N) is 1. The molecule has 2 N–H and O–H groups in total. The maximum Gasteiger partial charge on any atom is 0.408 e. The Bertz CT molecular complexity index is 713. The molecule has 0 saturated heterocycles. The summed E-state index contributed by atoms with van der Waals surface area (Å²) >= 11 is 1.56. The van der Waals surface area contributed by atoms with Gasteiger partial charge in [-0.25, -0.2) is 4.79 Å². The first-order valence-electron chi connectivity index (χ1n) is 7.68. The summed E-state index contributed by atoms with van der Waals surface area (Å²) in [6.45, 7) is 5.07. The van der Waals surface area contributed by atoms with Gasteiger partial charge in [-0.15, -0.1) is 11.8 Å². The number of carbonyl (C=O) groups excluding carboxylic acids is 2. The van der Waals surface area contributed by atoms with Gasteiger partial charge in [-0.1, -0.05) is 6.08 Å². The second kappa shape index (κ2) is 6.14. The maximum absolute atomic E-state index is 12.9. The van der Waals surface area contributed by atoms with Gasteiger partial charge in [-0.3, -0.25) is 9.69 Å². The molecule has 0 saturated carbocycles. The summed E-state index contributed by atoms with van der Waals surface area (Å²) in [7, 11) is 0. The standard InChI is InChI=1S/C17H20N2O4S/c1-17(2,3)23-16(22)18-13-12-9-24-7-6-10-4-5-11(8-20)19(14(10)12)15(13)21/h4-7,13,20H,8-9H2,1-3H3,(H,18,22)/t13-/m1/s1. The number of hydrogen-bond donors (Lipinski definition) is 2. The zero-order chi connectivity index (χ0) is 17.5. The normalized spacial score (nSPS) is 22.8. The summed E-state index contributed by atoms with van der Waals surface area (Å²) in [5, 5.41) is 14.2. The number of aliphatic hydroxyl groups is 1. The van der Waals surface area contributed by atoms with Crippen LogP contribution in [-0.4, -0.2) is 46.0 Å². The molecule has 128 valence electrons. The van der Waals surface area contributed by atoms with E-state index in [0.717, 1.165) is 16.8 Å². The first kappa shape index (κ1) is 16.9. The third-order valence-electron chi connectivity index (χ3n) is 3.77. The van der Waals surface area contributed by atoms with Gasteiger partial charge in [0.1, 0.15) is 11.6 Å². The Morgan fingerprint density at radius 1 is 1.46 bits per heavy atom. The highest BCUT2D eigenvalue weighted by Crippen LogP contribution is 2.40. The van der Waals surface area contributed by atoms with Crippen LogP contribution in [0.5, 0.6) is 0 Å². The molecule has 0 aromatic rings. The summed E-state index contributed by atoms with van der Waals surface area (Å²) in [6.07, 6.45) is 4.91. The molecule has 24 heavy (non-hydrogen) atoms. The van der Waals surface area contributed by atoms with E-state index in [0.29, 0.717) is 11.4 Å². The Morgan fingerprint density at radius 3 is 2.88 bits per heavy atom. The SMILES string of the molecule is CC(C)(C)OC(=O)N[C@H]1C(=O)N2C(CO)=CC=C3C=CSCC1=C32. The minimum Gasteiger partial charge on any atom is -0.444 e. The number of thioether (sulfide) groups is 1. The molecular weight excluding hydrogens is 328 g/mol. The molecule has 2 amide bonds. The molecule has 0 bridgehead atoms. The minimum atomic E-state index is -0.779. The highest BCUT2D eigenvalue weighted by atomic mass is 32.2. The number of rotatable bonds is 2. The van der Waals surface area contributed by atoms with Crippen LogP contribution in [0.4, 0.5) is 4.79 Å². The maximum atomic E-state index is 12.9. The number of amides is 2. The second-order valence-electron chi connectivity index (χ2n) is 6.68. The van der Waals surface area contributed by atoms with Crippen LogP contribution in [0, 0.1) is 0 Å². The van der Waals surface area contributed by atoms with E-state index >= 15 is 0 Å². The fourth-order valence-corrected chi connectivity index (χ4v) is 3.67. The van der Waals surface area contributed by atoms with E-state index in [9.17, 15) is 14.7 Å². The number of alkyl carbamates (subject to hydrolysis) is 1. The molecule has 0 aromatic carbocycles. The molecule has 0 aromatic heterocycles. The van der Waals surface area contributed by atoms with Crippen molar-refractivity contribution < 1.29 is 19.4 Å². The summed E-state index contributed by atoms with van der Waals surface area (Å²) in [5.41, 5.74) is 2.34. The summed E-state index contributed by atoms with van der Waals surface area (Å²) in [6, 6.07) is -0.779. The van der Waals surface area contributed by atoms with Crippen molar-refractivity contribution in [3.8, 4) is 0 Å². The van der Waals surface area contributed by atoms with Crippen molar-refractivity contribution in [1.82, 2.24) is 10.2 Å². The van der Waals surface area contributed by atoms with Gasteiger partial charge in [0.2, 0.25) is 0 Å². The number of allylic oxidation sites excluding steroid dienone is 3. The van der Waals surface area contributed by atoms with E-state index in [1.54, 1.807) is 38.6 Å². The topological polar surface area (TPSA) is 78.9 Å². The van der Waals surface area contributed by atoms with Crippen LogP contribution in [0.25, 0.3) is 0 Å². The Hall–Kier alpha value is -1.99.